The fourth-order valence-corrected chi connectivity index (χ4v) is 2.48. The van der Waals surface area contributed by atoms with Crippen LogP contribution in [-0.2, 0) is 19.3 Å². The van der Waals surface area contributed by atoms with E-state index in [1.54, 1.807) is 0 Å². The number of rotatable bonds is 5. The molecule has 0 aliphatic heterocycles. The van der Waals surface area contributed by atoms with Crippen LogP contribution < -0.4 is 0 Å². The molecule has 0 bridgehead atoms. The molecule has 0 spiro atoms. The molecule has 1 aromatic rings. The van der Waals surface area contributed by atoms with Gasteiger partial charge in [-0.25, -0.2) is 18.2 Å². The first kappa shape index (κ1) is 13.6. The van der Waals surface area contributed by atoms with E-state index in [0.29, 0.717) is 0 Å². The van der Waals surface area contributed by atoms with Crippen molar-refractivity contribution in [3.05, 3.63) is 23.9 Å². The summed E-state index contributed by atoms with van der Waals surface area (Å²) in [5.74, 6) is -0.959. The number of nitrogens with zero attached hydrogens (tertiary/aromatic N) is 1. The van der Waals surface area contributed by atoms with Gasteiger partial charge < -0.3 is 9.47 Å². The Morgan fingerprint density at radius 2 is 2.12 bits per heavy atom. The Morgan fingerprint density at radius 1 is 1.41 bits per heavy atom. The normalized spacial score (nSPS) is 11.2. The van der Waals surface area contributed by atoms with E-state index in [4.69, 9.17) is 4.74 Å². The number of carbonyl (C=O) groups excluding carboxylic acids is 1. The van der Waals surface area contributed by atoms with Gasteiger partial charge in [-0.1, -0.05) is 0 Å². The highest BCUT2D eigenvalue weighted by atomic mass is 32.2. The lowest BCUT2D eigenvalue weighted by atomic mass is 10.3. The third kappa shape index (κ3) is 3.24. The average Bonchev–Trinajstić information content (AvgIpc) is 2.35. The van der Waals surface area contributed by atoms with Gasteiger partial charge >= 0.3 is 5.97 Å². The Labute approximate surface area is 99.5 Å². The van der Waals surface area contributed by atoms with Crippen LogP contribution in [0.25, 0.3) is 0 Å². The maximum atomic E-state index is 11.9. The van der Waals surface area contributed by atoms with Crippen LogP contribution in [-0.4, -0.2) is 46.0 Å². The first-order valence-electron chi connectivity index (χ1n) is 4.78. The van der Waals surface area contributed by atoms with Crippen LogP contribution >= 0.6 is 0 Å². The largest absolute Gasteiger partial charge is 0.465 e. The Morgan fingerprint density at radius 3 is 2.71 bits per heavy atom. The molecule has 7 heteroatoms. The predicted octanol–water partition coefficient (Wildman–Crippen LogP) is 0.288. The predicted molar refractivity (Wildman–Crippen MR) is 59.5 cm³/mol. The highest BCUT2D eigenvalue weighted by Crippen LogP contribution is 2.14. The summed E-state index contributed by atoms with van der Waals surface area (Å²) < 4.78 is 33.0. The lowest BCUT2D eigenvalue weighted by Crippen LogP contribution is -2.17. The molecular weight excluding hydrogens is 246 g/mol. The van der Waals surface area contributed by atoms with E-state index in [1.165, 1.54) is 32.5 Å². The maximum Gasteiger partial charge on any atom is 0.340 e. The molecule has 0 aromatic carbocycles. The molecule has 0 aliphatic carbocycles. The fourth-order valence-electron chi connectivity index (χ4n) is 1.19. The van der Waals surface area contributed by atoms with Crippen molar-refractivity contribution in [3.8, 4) is 0 Å². The van der Waals surface area contributed by atoms with Crippen LogP contribution in [0.5, 0.6) is 0 Å². The van der Waals surface area contributed by atoms with Crippen molar-refractivity contribution in [1.29, 1.82) is 0 Å². The zero-order valence-electron chi connectivity index (χ0n) is 9.54. The molecule has 17 heavy (non-hydrogen) atoms. The molecule has 0 atom stereocenters. The van der Waals surface area contributed by atoms with Gasteiger partial charge in [-0.15, -0.1) is 0 Å². The summed E-state index contributed by atoms with van der Waals surface area (Å²) in [5.41, 5.74) is -0.0638. The average molecular weight is 259 g/mol. The topological polar surface area (TPSA) is 82.6 Å². The van der Waals surface area contributed by atoms with Crippen molar-refractivity contribution >= 4 is 15.8 Å². The monoisotopic (exact) mass is 259 g/mol. The Bertz CT molecular complexity index is 497. The molecule has 0 aliphatic rings. The standard InChI is InChI=1S/C10H13NO5S/c1-15-6-7-17(13,14)9-8(10(12)16-2)4-3-5-11-9/h3-5H,6-7H2,1-2H3. The third-order valence-corrected chi connectivity index (χ3v) is 3.65. The lowest BCUT2D eigenvalue weighted by molar-refractivity contribution is 0.0595. The van der Waals surface area contributed by atoms with Crippen molar-refractivity contribution in [3.63, 3.8) is 0 Å². The van der Waals surface area contributed by atoms with E-state index in [-0.39, 0.29) is 22.9 Å². The third-order valence-electron chi connectivity index (χ3n) is 2.03. The van der Waals surface area contributed by atoms with E-state index in [2.05, 4.69) is 9.72 Å². The van der Waals surface area contributed by atoms with Crippen LogP contribution in [0.2, 0.25) is 0 Å². The number of hydrogen-bond acceptors (Lipinski definition) is 6. The first-order chi connectivity index (χ1) is 8.03. The van der Waals surface area contributed by atoms with Gasteiger partial charge in [0.15, 0.2) is 14.9 Å². The van der Waals surface area contributed by atoms with Gasteiger partial charge in [0.2, 0.25) is 0 Å². The van der Waals surface area contributed by atoms with Crippen LogP contribution in [0.15, 0.2) is 23.4 Å². The Balaban J connectivity index is 3.17. The van der Waals surface area contributed by atoms with Gasteiger partial charge in [-0.2, -0.15) is 0 Å². The fraction of sp³-hybridized carbons (Fsp3) is 0.400. The SMILES string of the molecule is COCCS(=O)(=O)c1ncccc1C(=O)OC. The molecule has 94 valence electrons. The van der Waals surface area contributed by atoms with Gasteiger partial charge in [0.25, 0.3) is 0 Å². The molecule has 0 saturated heterocycles. The first-order valence-corrected chi connectivity index (χ1v) is 6.43. The number of carbonyl (C=O) groups is 1. The molecule has 0 unspecified atom stereocenters. The molecule has 0 N–H and O–H groups in total. The summed E-state index contributed by atoms with van der Waals surface area (Å²) in [7, 11) is -1.07. The molecule has 0 saturated carbocycles. The number of sulfone groups is 1. The second-order valence-corrected chi connectivity index (χ2v) is 5.18. The van der Waals surface area contributed by atoms with Crippen molar-refractivity contribution < 1.29 is 22.7 Å². The quantitative estimate of drug-likeness (QED) is 0.707. The molecule has 0 fully saturated rings. The Kier molecular flexibility index (Phi) is 4.59. The van der Waals surface area contributed by atoms with Gasteiger partial charge in [0.1, 0.15) is 0 Å². The second kappa shape index (κ2) is 5.74. The molecule has 1 heterocycles. The minimum Gasteiger partial charge on any atom is -0.465 e. The number of methoxy groups -OCH3 is 2. The van der Waals surface area contributed by atoms with Gasteiger partial charge in [-0.05, 0) is 12.1 Å². The van der Waals surface area contributed by atoms with E-state index in [9.17, 15) is 13.2 Å². The van der Waals surface area contributed by atoms with Crippen molar-refractivity contribution in [2.75, 3.05) is 26.6 Å². The number of aromatic nitrogens is 1. The van der Waals surface area contributed by atoms with Gasteiger partial charge in [0, 0.05) is 13.3 Å². The Hall–Kier alpha value is -1.47. The smallest absolute Gasteiger partial charge is 0.340 e. The zero-order chi connectivity index (χ0) is 12.9. The summed E-state index contributed by atoms with van der Waals surface area (Å²) >= 11 is 0. The van der Waals surface area contributed by atoms with Crippen LogP contribution in [0.3, 0.4) is 0 Å². The van der Waals surface area contributed by atoms with Gasteiger partial charge in [-0.3, -0.25) is 0 Å². The van der Waals surface area contributed by atoms with Crippen molar-refractivity contribution in [1.82, 2.24) is 4.98 Å². The molecule has 6 nitrogen and oxygen atoms in total. The number of hydrogen-bond donors (Lipinski definition) is 0. The lowest BCUT2D eigenvalue weighted by Gasteiger charge is -2.07. The van der Waals surface area contributed by atoms with Gasteiger partial charge in [0.05, 0.1) is 25.0 Å². The minimum absolute atomic E-state index is 0.0412. The zero-order valence-corrected chi connectivity index (χ0v) is 10.4. The van der Waals surface area contributed by atoms with Crippen LogP contribution in [0.4, 0.5) is 0 Å². The molecule has 0 radical (unpaired) electrons. The van der Waals surface area contributed by atoms with Crippen molar-refractivity contribution in [2.24, 2.45) is 0 Å². The van der Waals surface area contributed by atoms with E-state index in [0.717, 1.165) is 0 Å². The van der Waals surface area contributed by atoms with E-state index in [1.807, 2.05) is 0 Å². The number of esters is 1. The highest BCUT2D eigenvalue weighted by Gasteiger charge is 2.24. The van der Waals surface area contributed by atoms with Crippen molar-refractivity contribution in [2.45, 2.75) is 5.03 Å². The highest BCUT2D eigenvalue weighted by molar-refractivity contribution is 7.91. The molecule has 1 rings (SSSR count). The number of pyridine rings is 1. The van der Waals surface area contributed by atoms with E-state index < -0.39 is 15.8 Å². The molecule has 1 aromatic heterocycles. The van der Waals surface area contributed by atoms with Crippen LogP contribution in [0, 0.1) is 0 Å². The van der Waals surface area contributed by atoms with Crippen LogP contribution in [0.1, 0.15) is 10.4 Å². The summed E-state index contributed by atoms with van der Waals surface area (Å²) in [4.78, 5) is 15.1. The summed E-state index contributed by atoms with van der Waals surface area (Å²) in [6.07, 6.45) is 1.31. The molecular formula is C10H13NO5S. The minimum atomic E-state index is -3.65. The second-order valence-electron chi connectivity index (χ2n) is 3.16. The number of ether oxygens (including phenoxy) is 2. The maximum absolute atomic E-state index is 11.9. The summed E-state index contributed by atoms with van der Waals surface area (Å²) in [6.45, 7) is 0.0412. The summed E-state index contributed by atoms with van der Waals surface area (Å²) in [6, 6.07) is 2.83. The van der Waals surface area contributed by atoms with E-state index >= 15 is 0 Å². The summed E-state index contributed by atoms with van der Waals surface area (Å²) in [5, 5.41) is -0.274. The molecule has 0 amide bonds.